The number of hydrogen-bond acceptors (Lipinski definition) is 6. The zero-order valence-electron chi connectivity index (χ0n) is 16.7. The van der Waals surface area contributed by atoms with E-state index in [-0.39, 0.29) is 18.3 Å². The highest BCUT2D eigenvalue weighted by atomic mass is 16.7. The van der Waals surface area contributed by atoms with Crippen LogP contribution in [-0.4, -0.2) is 27.2 Å². The molecule has 31 heavy (non-hydrogen) atoms. The molecule has 5 rings (SSSR count). The van der Waals surface area contributed by atoms with E-state index >= 15 is 0 Å². The lowest BCUT2D eigenvalue weighted by atomic mass is 10.1. The number of fused-ring (bicyclic) bond motifs is 2. The molecule has 8 nitrogen and oxygen atoms in total. The first-order valence-electron chi connectivity index (χ1n) is 9.69. The highest BCUT2D eigenvalue weighted by Gasteiger charge is 2.15. The van der Waals surface area contributed by atoms with E-state index in [2.05, 4.69) is 15.3 Å². The number of aromatic nitrogens is 3. The number of nitrogens with zero attached hydrogens (tertiary/aromatic N) is 3. The molecule has 0 saturated carbocycles. The number of pyridine rings is 1. The van der Waals surface area contributed by atoms with Gasteiger partial charge in [-0.1, -0.05) is 18.2 Å². The first-order chi connectivity index (χ1) is 15.1. The molecule has 4 aromatic rings. The van der Waals surface area contributed by atoms with E-state index in [9.17, 15) is 9.59 Å². The lowest BCUT2D eigenvalue weighted by Crippen LogP contribution is -2.23. The van der Waals surface area contributed by atoms with Crippen LogP contribution < -0.4 is 20.3 Å². The Morgan fingerprint density at radius 2 is 1.90 bits per heavy atom. The van der Waals surface area contributed by atoms with Gasteiger partial charge in [-0.15, -0.1) is 0 Å². The van der Waals surface area contributed by atoms with Crippen LogP contribution in [0.3, 0.4) is 0 Å². The molecule has 2 aromatic heterocycles. The Hall–Kier alpha value is -4.20. The minimum atomic E-state index is -0.244. The van der Waals surface area contributed by atoms with Gasteiger partial charge < -0.3 is 14.8 Å². The first-order valence-corrected chi connectivity index (χ1v) is 9.69. The van der Waals surface area contributed by atoms with Gasteiger partial charge in [0.05, 0.1) is 0 Å². The van der Waals surface area contributed by atoms with Crippen LogP contribution in [0.25, 0.3) is 22.4 Å². The number of aryl methyl sites for hydroxylation is 1. The largest absolute Gasteiger partial charge is 0.454 e. The predicted molar refractivity (Wildman–Crippen MR) is 114 cm³/mol. The summed E-state index contributed by atoms with van der Waals surface area (Å²) in [5.74, 6) is 1.17. The van der Waals surface area contributed by atoms with Crippen molar-refractivity contribution >= 4 is 17.1 Å². The summed E-state index contributed by atoms with van der Waals surface area (Å²) in [7, 11) is 1.67. The van der Waals surface area contributed by atoms with Crippen molar-refractivity contribution in [3.8, 4) is 22.8 Å². The monoisotopic (exact) mass is 414 g/mol. The van der Waals surface area contributed by atoms with Gasteiger partial charge in [0.15, 0.2) is 17.1 Å². The highest BCUT2D eigenvalue weighted by Crippen LogP contribution is 2.32. The fourth-order valence-corrected chi connectivity index (χ4v) is 3.46. The lowest BCUT2D eigenvalue weighted by Gasteiger charge is -2.09. The SMILES string of the molecule is Cn1c(=O)c(-c2ccc(C(=O)NCc3ccc4c(c3)OCO4)cc2)nc2cccnc21. The van der Waals surface area contributed by atoms with Crippen molar-refractivity contribution in [3.63, 3.8) is 0 Å². The summed E-state index contributed by atoms with van der Waals surface area (Å²) < 4.78 is 12.1. The van der Waals surface area contributed by atoms with E-state index in [1.54, 1.807) is 43.6 Å². The topological polar surface area (TPSA) is 95.3 Å². The van der Waals surface area contributed by atoms with Crippen LogP contribution in [0.2, 0.25) is 0 Å². The number of carbonyl (C=O) groups is 1. The van der Waals surface area contributed by atoms with Crippen LogP contribution in [0, 0.1) is 0 Å². The van der Waals surface area contributed by atoms with Gasteiger partial charge in [0.1, 0.15) is 11.2 Å². The molecular formula is C23H18N4O4. The summed E-state index contributed by atoms with van der Waals surface area (Å²) in [6, 6.07) is 15.9. The maximum Gasteiger partial charge on any atom is 0.278 e. The lowest BCUT2D eigenvalue weighted by molar-refractivity contribution is 0.0951. The molecule has 154 valence electrons. The molecule has 8 heteroatoms. The van der Waals surface area contributed by atoms with Crippen LogP contribution in [-0.2, 0) is 13.6 Å². The number of carbonyl (C=O) groups excluding carboxylic acids is 1. The van der Waals surface area contributed by atoms with Gasteiger partial charge in [0.2, 0.25) is 6.79 Å². The molecule has 1 aliphatic rings. The quantitative estimate of drug-likeness (QED) is 0.552. The van der Waals surface area contributed by atoms with Gasteiger partial charge in [-0.3, -0.25) is 14.2 Å². The van der Waals surface area contributed by atoms with Crippen molar-refractivity contribution < 1.29 is 14.3 Å². The summed E-state index contributed by atoms with van der Waals surface area (Å²) in [4.78, 5) is 33.9. The Labute approximate surface area is 177 Å². The van der Waals surface area contributed by atoms with E-state index < -0.39 is 0 Å². The molecule has 3 heterocycles. The van der Waals surface area contributed by atoms with Gasteiger partial charge in [0, 0.05) is 30.9 Å². The molecule has 0 fully saturated rings. The standard InChI is InChI=1S/C23H18N4O4/c1-27-21-17(3-2-10-24-21)26-20(23(27)29)15-5-7-16(8-6-15)22(28)25-12-14-4-9-18-19(11-14)31-13-30-18/h2-11H,12-13H2,1H3,(H,25,28). The molecule has 2 aromatic carbocycles. The molecule has 0 radical (unpaired) electrons. The minimum Gasteiger partial charge on any atom is -0.454 e. The molecule has 0 saturated heterocycles. The Morgan fingerprint density at radius 1 is 1.10 bits per heavy atom. The van der Waals surface area contributed by atoms with Crippen LogP contribution in [0.4, 0.5) is 0 Å². The zero-order chi connectivity index (χ0) is 21.4. The molecule has 0 aliphatic carbocycles. The van der Waals surface area contributed by atoms with Crippen LogP contribution in [0.15, 0.2) is 65.6 Å². The third-order valence-electron chi connectivity index (χ3n) is 5.13. The second kappa shape index (κ2) is 7.56. The molecule has 0 atom stereocenters. The van der Waals surface area contributed by atoms with E-state index in [0.29, 0.717) is 46.0 Å². The number of rotatable bonds is 4. The highest BCUT2D eigenvalue weighted by molar-refractivity contribution is 5.94. The third-order valence-corrected chi connectivity index (χ3v) is 5.13. The normalized spacial score (nSPS) is 12.2. The first kappa shape index (κ1) is 18.8. The second-order valence-corrected chi connectivity index (χ2v) is 7.12. The van der Waals surface area contributed by atoms with Crippen LogP contribution in [0.1, 0.15) is 15.9 Å². The summed E-state index contributed by atoms with van der Waals surface area (Å²) in [5.41, 5.74) is 3.26. The van der Waals surface area contributed by atoms with Gasteiger partial charge in [-0.2, -0.15) is 0 Å². The zero-order valence-corrected chi connectivity index (χ0v) is 16.7. The van der Waals surface area contributed by atoms with E-state index in [1.165, 1.54) is 4.57 Å². The maximum atomic E-state index is 12.7. The van der Waals surface area contributed by atoms with Gasteiger partial charge in [-0.25, -0.2) is 9.97 Å². The van der Waals surface area contributed by atoms with E-state index in [1.807, 2.05) is 24.3 Å². The summed E-state index contributed by atoms with van der Waals surface area (Å²) in [5, 5.41) is 2.89. The van der Waals surface area contributed by atoms with Gasteiger partial charge in [0.25, 0.3) is 11.5 Å². The fraction of sp³-hybridized carbons (Fsp3) is 0.130. The average molecular weight is 414 g/mol. The Bertz CT molecular complexity index is 1360. The number of nitrogens with one attached hydrogen (secondary N) is 1. The van der Waals surface area contributed by atoms with Crippen molar-refractivity contribution in [2.24, 2.45) is 7.05 Å². The molecular weight excluding hydrogens is 396 g/mol. The number of hydrogen-bond donors (Lipinski definition) is 1. The van der Waals surface area contributed by atoms with E-state index in [4.69, 9.17) is 9.47 Å². The molecule has 0 bridgehead atoms. The third kappa shape index (κ3) is 3.48. The fourth-order valence-electron chi connectivity index (χ4n) is 3.46. The molecule has 1 N–H and O–H groups in total. The number of amides is 1. The van der Waals surface area contributed by atoms with Gasteiger partial charge in [-0.05, 0) is 42.0 Å². The van der Waals surface area contributed by atoms with Crippen molar-refractivity contribution in [2.75, 3.05) is 6.79 Å². The smallest absolute Gasteiger partial charge is 0.278 e. The summed E-state index contributed by atoms with van der Waals surface area (Å²) in [6.07, 6.45) is 1.63. The van der Waals surface area contributed by atoms with Crippen molar-refractivity contribution in [2.45, 2.75) is 6.54 Å². The van der Waals surface area contributed by atoms with Crippen LogP contribution >= 0.6 is 0 Å². The van der Waals surface area contributed by atoms with Crippen molar-refractivity contribution in [3.05, 3.63) is 82.3 Å². The Kier molecular flexibility index (Phi) is 4.59. The number of benzene rings is 2. The van der Waals surface area contributed by atoms with Crippen molar-refractivity contribution in [1.29, 1.82) is 0 Å². The maximum absolute atomic E-state index is 12.7. The Balaban J connectivity index is 1.34. The second-order valence-electron chi connectivity index (χ2n) is 7.12. The molecule has 1 aliphatic heterocycles. The molecule has 0 spiro atoms. The number of ether oxygens (including phenoxy) is 2. The molecule has 1 amide bonds. The van der Waals surface area contributed by atoms with Crippen LogP contribution in [0.5, 0.6) is 11.5 Å². The predicted octanol–water partition coefficient (Wildman–Crippen LogP) is 2.65. The summed E-state index contributed by atoms with van der Waals surface area (Å²) >= 11 is 0. The average Bonchev–Trinajstić information content (AvgIpc) is 3.28. The van der Waals surface area contributed by atoms with Gasteiger partial charge >= 0.3 is 0 Å². The Morgan fingerprint density at radius 3 is 2.74 bits per heavy atom. The van der Waals surface area contributed by atoms with Crippen molar-refractivity contribution in [1.82, 2.24) is 19.9 Å². The molecule has 0 unspecified atom stereocenters. The minimum absolute atomic E-state index is 0.211. The summed E-state index contributed by atoms with van der Waals surface area (Å²) in [6.45, 7) is 0.570. The van der Waals surface area contributed by atoms with E-state index in [0.717, 1.165) is 5.56 Å².